The Bertz CT molecular complexity index is 1360. The number of thiocarbonyl (C=S) groups is 1. The number of nitriles is 1. The predicted molar refractivity (Wildman–Crippen MR) is 139 cm³/mol. The Balaban J connectivity index is 1.63. The Labute approximate surface area is 213 Å². The molecule has 0 bridgehead atoms. The summed E-state index contributed by atoms with van der Waals surface area (Å²) in [5, 5.41) is 9.31. The van der Waals surface area contributed by atoms with E-state index in [4.69, 9.17) is 34.8 Å². The van der Waals surface area contributed by atoms with Crippen LogP contribution in [0.5, 0.6) is 0 Å². The molecule has 0 saturated carbocycles. The molecule has 0 radical (unpaired) electrons. The van der Waals surface area contributed by atoms with Crippen LogP contribution in [-0.2, 0) is 13.0 Å². The zero-order valence-electron chi connectivity index (χ0n) is 18.7. The van der Waals surface area contributed by atoms with Crippen molar-refractivity contribution in [2.24, 2.45) is 5.73 Å². The van der Waals surface area contributed by atoms with E-state index in [1.54, 1.807) is 43.0 Å². The van der Waals surface area contributed by atoms with Gasteiger partial charge in [-0.05, 0) is 42.0 Å². The number of rotatable bonds is 9. The summed E-state index contributed by atoms with van der Waals surface area (Å²) in [6.07, 6.45) is 5.75. The van der Waals surface area contributed by atoms with Crippen LogP contribution >= 0.6 is 23.8 Å². The summed E-state index contributed by atoms with van der Waals surface area (Å²) in [6, 6.07) is 18.9. The average Bonchev–Trinajstić information content (AvgIpc) is 3.29. The van der Waals surface area contributed by atoms with Crippen LogP contribution < -0.4 is 10.6 Å². The SMILES string of the molecule is N#Cc1ccc(Cn2cncc2CCN(c2cccc(F)c2)C(C(N)=S)c2cccnc2Cl)cc1. The summed E-state index contributed by atoms with van der Waals surface area (Å²) < 4.78 is 16.2. The molecule has 2 aromatic carbocycles. The van der Waals surface area contributed by atoms with Crippen LogP contribution in [0, 0.1) is 17.1 Å². The number of halogens is 2. The van der Waals surface area contributed by atoms with Gasteiger partial charge in [-0.25, -0.2) is 14.4 Å². The van der Waals surface area contributed by atoms with Gasteiger partial charge in [-0.2, -0.15) is 5.26 Å². The number of nitrogens with zero attached hydrogens (tertiary/aromatic N) is 5. The van der Waals surface area contributed by atoms with Crippen LogP contribution in [0.15, 0.2) is 79.4 Å². The Hall–Kier alpha value is -3.80. The molecule has 2 N–H and O–H groups in total. The van der Waals surface area contributed by atoms with E-state index in [2.05, 4.69) is 16.0 Å². The molecule has 0 saturated heterocycles. The minimum atomic E-state index is -0.581. The number of anilines is 1. The first-order valence-electron chi connectivity index (χ1n) is 10.9. The van der Waals surface area contributed by atoms with E-state index < -0.39 is 6.04 Å². The molecule has 0 amide bonds. The molecule has 1 atom stereocenters. The first-order valence-corrected chi connectivity index (χ1v) is 11.6. The maximum atomic E-state index is 14.2. The second kappa shape index (κ2) is 11.1. The molecule has 176 valence electrons. The second-order valence-electron chi connectivity index (χ2n) is 7.93. The highest BCUT2D eigenvalue weighted by atomic mass is 35.5. The van der Waals surface area contributed by atoms with Gasteiger partial charge in [0.25, 0.3) is 0 Å². The zero-order chi connectivity index (χ0) is 24.8. The van der Waals surface area contributed by atoms with E-state index in [0.717, 1.165) is 11.3 Å². The number of imidazole rings is 1. The third kappa shape index (κ3) is 5.83. The summed E-state index contributed by atoms with van der Waals surface area (Å²) in [6.45, 7) is 1.07. The van der Waals surface area contributed by atoms with Crippen molar-refractivity contribution < 1.29 is 4.39 Å². The van der Waals surface area contributed by atoms with Gasteiger partial charge in [0, 0.05) is 48.8 Å². The number of nitrogens with two attached hydrogens (primary N) is 1. The van der Waals surface area contributed by atoms with Gasteiger partial charge < -0.3 is 15.2 Å². The number of benzene rings is 2. The van der Waals surface area contributed by atoms with Crippen LogP contribution in [0.3, 0.4) is 0 Å². The van der Waals surface area contributed by atoms with Gasteiger partial charge in [-0.1, -0.05) is 48.1 Å². The lowest BCUT2D eigenvalue weighted by Gasteiger charge is -2.34. The summed E-state index contributed by atoms with van der Waals surface area (Å²) in [5.41, 5.74) is 10.1. The Kier molecular flexibility index (Phi) is 7.70. The predicted octanol–water partition coefficient (Wildman–Crippen LogP) is 5.07. The Morgan fingerprint density at radius 1 is 1.20 bits per heavy atom. The molecule has 35 heavy (non-hydrogen) atoms. The van der Waals surface area contributed by atoms with Gasteiger partial charge >= 0.3 is 0 Å². The molecular weight excluding hydrogens is 483 g/mol. The van der Waals surface area contributed by atoms with E-state index in [0.29, 0.717) is 36.3 Å². The molecule has 0 fully saturated rings. The summed E-state index contributed by atoms with van der Waals surface area (Å²) in [5.74, 6) is -0.364. The first-order chi connectivity index (χ1) is 17.0. The summed E-state index contributed by atoms with van der Waals surface area (Å²) in [4.78, 5) is 10.6. The van der Waals surface area contributed by atoms with Crippen molar-refractivity contribution in [2.45, 2.75) is 19.0 Å². The molecule has 6 nitrogen and oxygen atoms in total. The minimum Gasteiger partial charge on any atom is -0.391 e. The number of hydrogen-bond acceptors (Lipinski definition) is 5. The highest BCUT2D eigenvalue weighted by molar-refractivity contribution is 7.80. The lowest BCUT2D eigenvalue weighted by Crippen LogP contribution is -2.39. The third-order valence-corrected chi connectivity index (χ3v) is 6.19. The van der Waals surface area contributed by atoms with Crippen molar-refractivity contribution in [3.8, 4) is 6.07 Å². The molecule has 9 heteroatoms. The van der Waals surface area contributed by atoms with Crippen LogP contribution in [-0.4, -0.2) is 26.1 Å². The van der Waals surface area contributed by atoms with Crippen LogP contribution in [0.4, 0.5) is 10.1 Å². The normalized spacial score (nSPS) is 11.6. The van der Waals surface area contributed by atoms with E-state index in [-0.39, 0.29) is 16.0 Å². The molecule has 0 aliphatic rings. The fourth-order valence-corrected chi connectivity index (χ4v) is 4.43. The van der Waals surface area contributed by atoms with Gasteiger partial charge in [-0.3, -0.25) is 0 Å². The van der Waals surface area contributed by atoms with Crippen LogP contribution in [0.25, 0.3) is 0 Å². The van der Waals surface area contributed by atoms with Gasteiger partial charge in [0.15, 0.2) is 0 Å². The quantitative estimate of drug-likeness (QED) is 0.253. The molecule has 2 heterocycles. The second-order valence-corrected chi connectivity index (χ2v) is 8.76. The third-order valence-electron chi connectivity index (χ3n) is 5.65. The highest BCUT2D eigenvalue weighted by Crippen LogP contribution is 2.31. The van der Waals surface area contributed by atoms with Crippen molar-refractivity contribution in [3.05, 3.63) is 113 Å². The molecule has 2 aromatic heterocycles. The molecule has 0 aliphatic carbocycles. The Morgan fingerprint density at radius 3 is 2.69 bits per heavy atom. The maximum Gasteiger partial charge on any atom is 0.134 e. The monoisotopic (exact) mass is 504 g/mol. The summed E-state index contributed by atoms with van der Waals surface area (Å²) >= 11 is 11.8. The molecule has 0 aliphatic heterocycles. The smallest absolute Gasteiger partial charge is 0.134 e. The molecule has 1 unspecified atom stereocenters. The van der Waals surface area contributed by atoms with Crippen molar-refractivity contribution in [3.63, 3.8) is 0 Å². The largest absolute Gasteiger partial charge is 0.391 e. The van der Waals surface area contributed by atoms with Crippen molar-refractivity contribution in [1.29, 1.82) is 5.26 Å². The Morgan fingerprint density at radius 2 is 2.00 bits per heavy atom. The molecule has 4 aromatic rings. The van der Waals surface area contributed by atoms with E-state index in [1.807, 2.05) is 33.7 Å². The van der Waals surface area contributed by atoms with Gasteiger partial charge in [-0.15, -0.1) is 0 Å². The zero-order valence-corrected chi connectivity index (χ0v) is 20.3. The fraction of sp³-hybridized carbons (Fsp3) is 0.154. The van der Waals surface area contributed by atoms with Crippen molar-refractivity contribution >= 4 is 34.5 Å². The van der Waals surface area contributed by atoms with Crippen molar-refractivity contribution in [1.82, 2.24) is 14.5 Å². The van der Waals surface area contributed by atoms with E-state index in [9.17, 15) is 4.39 Å². The minimum absolute atomic E-state index is 0.204. The van der Waals surface area contributed by atoms with Gasteiger partial charge in [0.2, 0.25) is 0 Å². The van der Waals surface area contributed by atoms with Crippen molar-refractivity contribution in [2.75, 3.05) is 11.4 Å². The number of hydrogen-bond donors (Lipinski definition) is 1. The van der Waals surface area contributed by atoms with Gasteiger partial charge in [0.1, 0.15) is 22.0 Å². The average molecular weight is 505 g/mol. The topological polar surface area (TPSA) is 83.8 Å². The fourth-order valence-electron chi connectivity index (χ4n) is 3.95. The van der Waals surface area contributed by atoms with E-state index in [1.165, 1.54) is 12.1 Å². The van der Waals surface area contributed by atoms with Gasteiger partial charge in [0.05, 0.1) is 18.0 Å². The highest BCUT2D eigenvalue weighted by Gasteiger charge is 2.26. The lowest BCUT2D eigenvalue weighted by molar-refractivity contribution is 0.624. The molecule has 0 spiro atoms. The van der Waals surface area contributed by atoms with Crippen LogP contribution in [0.2, 0.25) is 5.15 Å². The van der Waals surface area contributed by atoms with Crippen LogP contribution in [0.1, 0.15) is 28.4 Å². The number of pyridine rings is 1. The summed E-state index contributed by atoms with van der Waals surface area (Å²) in [7, 11) is 0. The molecule has 4 rings (SSSR count). The van der Waals surface area contributed by atoms with E-state index >= 15 is 0 Å². The molecular formula is C26H22ClFN6S. The number of aromatic nitrogens is 3. The lowest BCUT2D eigenvalue weighted by atomic mass is 10.1. The standard InChI is InChI=1S/C26H22ClFN6S/c27-25-23(5-2-11-32-25)24(26(30)35)34(21-4-1-3-20(28)13-21)12-10-22-15-31-17-33(22)16-19-8-6-18(14-29)7-9-19/h1-9,11,13,15,17,24H,10,12,16H2,(H2,30,35). The first kappa shape index (κ1) is 24.3. The maximum absolute atomic E-state index is 14.2.